The highest BCUT2D eigenvalue weighted by molar-refractivity contribution is 6.04. The van der Waals surface area contributed by atoms with Crippen molar-refractivity contribution in [1.29, 1.82) is 5.41 Å². The number of anilines is 2. The van der Waals surface area contributed by atoms with Gasteiger partial charge in [-0.25, -0.2) is 25.0 Å². The molecule has 0 aliphatic heterocycles. The normalized spacial score (nSPS) is 13.8. The van der Waals surface area contributed by atoms with E-state index in [1.807, 2.05) is 0 Å². The number of hydrogen-bond acceptors (Lipinski definition) is 9. The Morgan fingerprint density at radius 3 is 2.58 bits per heavy atom. The molecule has 2 heterocycles. The Kier molecular flexibility index (Phi) is 6.95. The minimum absolute atomic E-state index is 0.00835. The molecule has 1 fully saturated rings. The van der Waals surface area contributed by atoms with Crippen LogP contribution in [0.15, 0.2) is 36.3 Å². The van der Waals surface area contributed by atoms with E-state index in [4.69, 9.17) is 10.2 Å². The Balaban J connectivity index is 1.94. The van der Waals surface area contributed by atoms with Crippen molar-refractivity contribution in [2.75, 3.05) is 26.5 Å². The molecule has 162 valence electrons. The lowest BCUT2D eigenvalue weighted by molar-refractivity contribution is -0.572. The first-order valence-electron chi connectivity index (χ1n) is 9.55. The van der Waals surface area contributed by atoms with Crippen LogP contribution in [0, 0.1) is 5.41 Å². The van der Waals surface area contributed by atoms with Crippen LogP contribution in [0.4, 0.5) is 11.5 Å². The number of hydrogen-bond donors (Lipinski definition) is 4. The summed E-state index contributed by atoms with van der Waals surface area (Å²) in [7, 11) is 4.41. The number of nitrogens with two attached hydrogens (primary N) is 1. The minimum Gasteiger partial charge on any atom is -0.336 e. The van der Waals surface area contributed by atoms with Gasteiger partial charge in [-0.1, -0.05) is 0 Å². The number of amides is 2. The van der Waals surface area contributed by atoms with Crippen LogP contribution in [0.5, 0.6) is 0 Å². The summed E-state index contributed by atoms with van der Waals surface area (Å²) < 4.78 is 0. The van der Waals surface area contributed by atoms with Gasteiger partial charge in [0, 0.05) is 19.2 Å². The van der Waals surface area contributed by atoms with Crippen molar-refractivity contribution in [3.8, 4) is 0 Å². The average Bonchev–Trinajstić information content (AvgIpc) is 3.64. The predicted molar refractivity (Wildman–Crippen MR) is 110 cm³/mol. The lowest BCUT2D eigenvalue weighted by Gasteiger charge is -2.16. The molecule has 3 rings (SSSR count). The van der Waals surface area contributed by atoms with Gasteiger partial charge in [0.25, 0.3) is 5.91 Å². The van der Waals surface area contributed by atoms with Gasteiger partial charge in [-0.05, 0) is 12.8 Å². The molecule has 2 aromatic heterocycles. The second kappa shape index (κ2) is 9.82. The molecule has 31 heavy (non-hydrogen) atoms. The second-order valence-electron chi connectivity index (χ2n) is 6.72. The predicted octanol–water partition coefficient (Wildman–Crippen LogP) is -0.308. The number of likely N-dealkylation sites (N-methyl/N-ethyl adjacent to an activating group) is 2. The van der Waals surface area contributed by atoms with Crippen molar-refractivity contribution in [2.45, 2.75) is 18.8 Å². The Morgan fingerprint density at radius 1 is 1.29 bits per heavy atom. The van der Waals surface area contributed by atoms with E-state index in [0.29, 0.717) is 5.69 Å². The maximum Gasteiger partial charge on any atom is 0.333 e. The van der Waals surface area contributed by atoms with Gasteiger partial charge in [-0.2, -0.15) is 0 Å². The molecule has 1 aliphatic carbocycles. The summed E-state index contributed by atoms with van der Waals surface area (Å²) in [5, 5.41) is 15.8. The molecule has 2 amide bonds. The van der Waals surface area contributed by atoms with Crippen LogP contribution in [0.2, 0.25) is 0 Å². The number of aromatic nitrogens is 4. The highest BCUT2D eigenvalue weighted by Crippen LogP contribution is 2.39. The fourth-order valence-electron chi connectivity index (χ4n) is 2.74. The fourth-order valence-corrected chi connectivity index (χ4v) is 2.74. The fraction of sp³-hybridized carbons (Fsp3) is 0.316. The SMILES string of the molecule is C[NH2+]/C(C(=O)N(C)OC)=C(\C=N)NC(=O)c1nc(C2CC2)cnc1Nc1cncnc1. The zero-order chi connectivity index (χ0) is 22.4. The van der Waals surface area contributed by atoms with Crippen molar-refractivity contribution in [2.24, 2.45) is 0 Å². The van der Waals surface area contributed by atoms with Crippen LogP contribution in [0.3, 0.4) is 0 Å². The van der Waals surface area contributed by atoms with E-state index in [-0.39, 0.29) is 28.8 Å². The van der Waals surface area contributed by atoms with E-state index in [9.17, 15) is 9.59 Å². The monoisotopic (exact) mass is 426 g/mol. The van der Waals surface area contributed by atoms with Gasteiger partial charge in [-0.15, -0.1) is 0 Å². The maximum absolute atomic E-state index is 13.1. The number of rotatable bonds is 9. The van der Waals surface area contributed by atoms with E-state index >= 15 is 0 Å². The third kappa shape index (κ3) is 5.24. The highest BCUT2D eigenvalue weighted by Gasteiger charge is 2.29. The largest absolute Gasteiger partial charge is 0.336 e. The van der Waals surface area contributed by atoms with E-state index in [0.717, 1.165) is 29.8 Å². The first-order chi connectivity index (χ1) is 15.0. The molecular formula is C19H24N9O3+. The minimum atomic E-state index is -0.611. The van der Waals surface area contributed by atoms with Gasteiger partial charge in [0.1, 0.15) is 12.0 Å². The standard InChI is InChI=1S/C19H23N9O3/c1-21-15(19(30)28(2)31-3)13(6-20)27-18(29)16-17(25-12-7-22-10-23-8-12)24-9-14(26-16)11-4-5-11/h6-11,20-21H,4-5H2,1-3H3,(H,24,25)(H,27,29)/p+1/b15-13+,20-6?. The molecule has 0 radical (unpaired) electrons. The summed E-state index contributed by atoms with van der Waals surface area (Å²) in [6.45, 7) is 0. The van der Waals surface area contributed by atoms with Crippen LogP contribution in [0.25, 0.3) is 0 Å². The number of nitrogens with one attached hydrogen (secondary N) is 3. The Bertz CT molecular complexity index is 1010. The quantitative estimate of drug-likeness (QED) is 0.241. The molecule has 12 nitrogen and oxygen atoms in total. The number of nitrogens with zero attached hydrogens (tertiary/aromatic N) is 5. The van der Waals surface area contributed by atoms with Gasteiger partial charge in [0.2, 0.25) is 5.70 Å². The van der Waals surface area contributed by atoms with Gasteiger partial charge < -0.3 is 21.4 Å². The third-order valence-electron chi connectivity index (χ3n) is 4.59. The molecule has 0 bridgehead atoms. The van der Waals surface area contributed by atoms with Crippen molar-refractivity contribution in [1.82, 2.24) is 30.3 Å². The summed E-state index contributed by atoms with van der Waals surface area (Å²) in [6.07, 6.45) is 8.98. The first-order valence-corrected chi connectivity index (χ1v) is 9.55. The zero-order valence-corrected chi connectivity index (χ0v) is 17.4. The number of carbonyl (C=O) groups is 2. The third-order valence-corrected chi connectivity index (χ3v) is 4.59. The number of carbonyl (C=O) groups excluding carboxylic acids is 2. The molecule has 1 aliphatic rings. The molecule has 0 unspecified atom stereocenters. The van der Waals surface area contributed by atoms with E-state index in [1.54, 1.807) is 13.2 Å². The van der Waals surface area contributed by atoms with Gasteiger partial charge in [-0.3, -0.25) is 14.4 Å². The molecular weight excluding hydrogens is 402 g/mol. The zero-order valence-electron chi connectivity index (χ0n) is 17.4. The van der Waals surface area contributed by atoms with Crippen LogP contribution in [0.1, 0.15) is 34.9 Å². The Labute approximate surface area is 178 Å². The molecule has 12 heteroatoms. The second-order valence-corrected chi connectivity index (χ2v) is 6.72. The molecule has 0 atom stereocenters. The van der Waals surface area contributed by atoms with Crippen LogP contribution < -0.4 is 16.0 Å². The van der Waals surface area contributed by atoms with Gasteiger partial charge >= 0.3 is 5.91 Å². The van der Waals surface area contributed by atoms with E-state index in [2.05, 4.69) is 30.6 Å². The average molecular weight is 426 g/mol. The van der Waals surface area contributed by atoms with Crippen molar-refractivity contribution < 1.29 is 19.7 Å². The number of hydroxylamine groups is 2. The summed E-state index contributed by atoms with van der Waals surface area (Å²) in [5.41, 5.74) is 1.40. The maximum atomic E-state index is 13.1. The van der Waals surface area contributed by atoms with Crippen molar-refractivity contribution in [3.05, 3.63) is 47.7 Å². The molecule has 1 saturated carbocycles. The molecule has 0 aromatic carbocycles. The lowest BCUT2D eigenvalue weighted by atomic mass is 10.2. The Hall–Kier alpha value is -3.77. The molecule has 2 aromatic rings. The summed E-state index contributed by atoms with van der Waals surface area (Å²) >= 11 is 0. The first kappa shape index (κ1) is 21.9. The summed E-state index contributed by atoms with van der Waals surface area (Å²) in [4.78, 5) is 47.2. The van der Waals surface area contributed by atoms with Crippen LogP contribution >= 0.6 is 0 Å². The number of quaternary nitrogens is 1. The number of allylic oxidation sites excluding steroid dienone is 1. The van der Waals surface area contributed by atoms with Gasteiger partial charge in [0.15, 0.2) is 11.5 Å². The smallest absolute Gasteiger partial charge is 0.333 e. The Morgan fingerprint density at radius 2 is 2.00 bits per heavy atom. The van der Waals surface area contributed by atoms with Crippen molar-refractivity contribution >= 4 is 29.5 Å². The topological polar surface area (TPSA) is 163 Å². The van der Waals surface area contributed by atoms with E-state index in [1.165, 1.54) is 38.2 Å². The summed E-state index contributed by atoms with van der Waals surface area (Å²) in [5.74, 6) is -0.632. The molecule has 0 spiro atoms. The highest BCUT2D eigenvalue weighted by atomic mass is 16.7. The van der Waals surface area contributed by atoms with Crippen LogP contribution in [-0.2, 0) is 9.63 Å². The molecule has 0 saturated heterocycles. The van der Waals surface area contributed by atoms with Crippen molar-refractivity contribution in [3.63, 3.8) is 0 Å². The van der Waals surface area contributed by atoms with Crippen LogP contribution in [-0.4, -0.2) is 64.2 Å². The summed E-state index contributed by atoms with van der Waals surface area (Å²) in [6, 6.07) is 0. The molecule has 5 N–H and O–H groups in total. The van der Waals surface area contributed by atoms with E-state index < -0.39 is 11.8 Å². The van der Waals surface area contributed by atoms with Gasteiger partial charge in [0.05, 0.1) is 44.1 Å². The lowest BCUT2D eigenvalue weighted by Crippen LogP contribution is -2.80.